The van der Waals surface area contributed by atoms with Crippen molar-refractivity contribution in [3.8, 4) is 22.8 Å². The molecule has 2 heterocycles. The molecule has 0 fully saturated rings. The standard InChI is InChI=1S/C27H28N2O2/c1-4-16-31-27-21(10-7-11-24(27)30-3)26-22-17-29(2)15-14-20(22)25-19-9-6-5-8-18(19)12-13-23(25)28-26/h5-13H,4,14-17H2,1-3H3. The van der Waals surface area contributed by atoms with E-state index in [0.717, 1.165) is 54.2 Å². The molecule has 0 amide bonds. The number of hydrogen-bond acceptors (Lipinski definition) is 4. The van der Waals surface area contributed by atoms with Crippen LogP contribution in [-0.4, -0.2) is 37.2 Å². The van der Waals surface area contributed by atoms with Crippen LogP contribution < -0.4 is 9.47 Å². The van der Waals surface area contributed by atoms with E-state index in [4.69, 9.17) is 14.5 Å². The third-order valence-corrected chi connectivity index (χ3v) is 6.17. The molecule has 0 spiro atoms. The largest absolute Gasteiger partial charge is 0.493 e. The van der Waals surface area contributed by atoms with Crippen molar-refractivity contribution in [2.75, 3.05) is 27.3 Å². The van der Waals surface area contributed by atoms with Gasteiger partial charge >= 0.3 is 0 Å². The van der Waals surface area contributed by atoms with Crippen LogP contribution in [0.4, 0.5) is 0 Å². The van der Waals surface area contributed by atoms with Gasteiger partial charge in [-0.15, -0.1) is 0 Å². The molecule has 4 heteroatoms. The highest BCUT2D eigenvalue weighted by atomic mass is 16.5. The molecule has 3 aromatic carbocycles. The molecule has 5 rings (SSSR count). The summed E-state index contributed by atoms with van der Waals surface area (Å²) in [5.74, 6) is 1.54. The highest BCUT2D eigenvalue weighted by molar-refractivity contribution is 6.09. The van der Waals surface area contributed by atoms with Crippen LogP contribution >= 0.6 is 0 Å². The molecule has 4 nitrogen and oxygen atoms in total. The van der Waals surface area contributed by atoms with Gasteiger partial charge in [-0.1, -0.05) is 43.3 Å². The molecule has 0 unspecified atom stereocenters. The summed E-state index contributed by atoms with van der Waals surface area (Å²) in [7, 11) is 3.88. The van der Waals surface area contributed by atoms with Gasteiger partial charge in [-0.25, -0.2) is 4.98 Å². The van der Waals surface area contributed by atoms with Crippen molar-refractivity contribution >= 4 is 21.7 Å². The van der Waals surface area contributed by atoms with E-state index in [1.165, 1.54) is 27.3 Å². The van der Waals surface area contributed by atoms with Crippen molar-refractivity contribution in [1.29, 1.82) is 0 Å². The summed E-state index contributed by atoms with van der Waals surface area (Å²) in [6.07, 6.45) is 1.95. The molecule has 31 heavy (non-hydrogen) atoms. The topological polar surface area (TPSA) is 34.6 Å². The normalized spacial score (nSPS) is 14.0. The van der Waals surface area contributed by atoms with E-state index in [2.05, 4.69) is 61.3 Å². The van der Waals surface area contributed by atoms with Gasteiger partial charge in [0.15, 0.2) is 11.5 Å². The fourth-order valence-corrected chi connectivity index (χ4v) is 4.69. The summed E-state index contributed by atoms with van der Waals surface area (Å²) in [5, 5.41) is 3.84. The molecule has 0 aliphatic carbocycles. The lowest BCUT2D eigenvalue weighted by atomic mass is 9.89. The zero-order chi connectivity index (χ0) is 21.4. The maximum Gasteiger partial charge on any atom is 0.170 e. The fraction of sp³-hybridized carbons (Fsp3) is 0.296. The molecule has 0 N–H and O–H groups in total. The summed E-state index contributed by atoms with van der Waals surface area (Å²) in [5.41, 5.74) is 5.77. The number of benzene rings is 3. The van der Waals surface area contributed by atoms with E-state index in [1.54, 1.807) is 7.11 Å². The van der Waals surface area contributed by atoms with Crippen LogP contribution in [0.2, 0.25) is 0 Å². The Hall–Kier alpha value is -3.11. The molecule has 0 atom stereocenters. The second kappa shape index (κ2) is 8.20. The second-order valence-electron chi connectivity index (χ2n) is 8.27. The predicted molar refractivity (Wildman–Crippen MR) is 127 cm³/mol. The highest BCUT2D eigenvalue weighted by Gasteiger charge is 2.25. The first-order chi connectivity index (χ1) is 15.2. The van der Waals surface area contributed by atoms with Crippen LogP contribution in [0.15, 0.2) is 54.6 Å². The van der Waals surface area contributed by atoms with E-state index < -0.39 is 0 Å². The number of methoxy groups -OCH3 is 1. The predicted octanol–water partition coefficient (Wildman–Crippen LogP) is 5.84. The minimum absolute atomic E-state index is 0.647. The molecule has 0 saturated heterocycles. The lowest BCUT2D eigenvalue weighted by Gasteiger charge is -2.29. The first-order valence-corrected chi connectivity index (χ1v) is 11.0. The third kappa shape index (κ3) is 3.41. The van der Waals surface area contributed by atoms with Crippen molar-refractivity contribution in [3.63, 3.8) is 0 Å². The minimum Gasteiger partial charge on any atom is -0.493 e. The zero-order valence-electron chi connectivity index (χ0n) is 18.4. The minimum atomic E-state index is 0.647. The van der Waals surface area contributed by atoms with Crippen LogP contribution in [0.1, 0.15) is 24.5 Å². The average Bonchev–Trinajstić information content (AvgIpc) is 2.81. The number of rotatable bonds is 5. The van der Waals surface area contributed by atoms with Crippen molar-refractivity contribution < 1.29 is 9.47 Å². The average molecular weight is 413 g/mol. The van der Waals surface area contributed by atoms with Gasteiger partial charge in [0.1, 0.15) is 0 Å². The first-order valence-electron chi connectivity index (χ1n) is 11.0. The number of aromatic nitrogens is 1. The molecular weight excluding hydrogens is 384 g/mol. The van der Waals surface area contributed by atoms with E-state index in [1.807, 2.05) is 12.1 Å². The Labute approximate surface area is 183 Å². The van der Waals surface area contributed by atoms with Crippen molar-refractivity contribution in [1.82, 2.24) is 9.88 Å². The fourth-order valence-electron chi connectivity index (χ4n) is 4.69. The molecule has 158 valence electrons. The number of pyridine rings is 1. The Balaban J connectivity index is 1.83. The Morgan fingerprint density at radius 3 is 2.71 bits per heavy atom. The zero-order valence-corrected chi connectivity index (χ0v) is 18.4. The first kappa shape index (κ1) is 19.8. The highest BCUT2D eigenvalue weighted by Crippen LogP contribution is 2.43. The quantitative estimate of drug-likeness (QED) is 0.386. The van der Waals surface area contributed by atoms with Gasteiger partial charge in [-0.05, 0) is 60.0 Å². The van der Waals surface area contributed by atoms with Crippen LogP contribution in [0, 0.1) is 0 Å². The van der Waals surface area contributed by atoms with Crippen LogP contribution in [-0.2, 0) is 13.0 Å². The lowest BCUT2D eigenvalue weighted by molar-refractivity contribution is 0.295. The molecule has 1 aliphatic heterocycles. The number of para-hydroxylation sites is 1. The van der Waals surface area contributed by atoms with E-state index >= 15 is 0 Å². The molecule has 0 saturated carbocycles. The maximum atomic E-state index is 6.18. The van der Waals surface area contributed by atoms with E-state index in [9.17, 15) is 0 Å². The Kier molecular flexibility index (Phi) is 5.24. The van der Waals surface area contributed by atoms with Gasteiger partial charge in [0.05, 0.1) is 24.9 Å². The van der Waals surface area contributed by atoms with Crippen LogP contribution in [0.5, 0.6) is 11.5 Å². The van der Waals surface area contributed by atoms with Gasteiger partial charge in [-0.3, -0.25) is 0 Å². The number of likely N-dealkylation sites (N-methyl/N-ethyl adjacent to an activating group) is 1. The van der Waals surface area contributed by atoms with Gasteiger partial charge in [0.2, 0.25) is 0 Å². The third-order valence-electron chi connectivity index (χ3n) is 6.17. The Bertz CT molecular complexity index is 1270. The van der Waals surface area contributed by atoms with Crippen molar-refractivity contribution in [3.05, 3.63) is 65.7 Å². The number of hydrogen-bond donors (Lipinski definition) is 0. The molecule has 0 bridgehead atoms. The molecule has 4 aromatic rings. The number of ether oxygens (including phenoxy) is 2. The molecule has 1 aliphatic rings. The van der Waals surface area contributed by atoms with Crippen molar-refractivity contribution in [2.24, 2.45) is 0 Å². The molecule has 1 aromatic heterocycles. The van der Waals surface area contributed by atoms with Gasteiger partial charge in [0, 0.05) is 24.0 Å². The summed E-state index contributed by atoms with van der Waals surface area (Å²) >= 11 is 0. The van der Waals surface area contributed by atoms with Gasteiger partial charge in [0.25, 0.3) is 0 Å². The summed E-state index contributed by atoms with van der Waals surface area (Å²) in [4.78, 5) is 7.60. The van der Waals surface area contributed by atoms with E-state index in [0.29, 0.717) is 6.61 Å². The smallest absolute Gasteiger partial charge is 0.170 e. The van der Waals surface area contributed by atoms with E-state index in [-0.39, 0.29) is 0 Å². The maximum absolute atomic E-state index is 6.18. The monoisotopic (exact) mass is 412 g/mol. The summed E-state index contributed by atoms with van der Waals surface area (Å²) < 4.78 is 11.8. The van der Waals surface area contributed by atoms with Gasteiger partial charge in [-0.2, -0.15) is 0 Å². The van der Waals surface area contributed by atoms with Crippen LogP contribution in [0.3, 0.4) is 0 Å². The summed E-state index contributed by atoms with van der Waals surface area (Å²) in [6.45, 7) is 4.69. The lowest BCUT2D eigenvalue weighted by Crippen LogP contribution is -2.27. The SMILES string of the molecule is CCCOc1c(OC)cccc1-c1nc2ccc3ccccc3c2c2c1CN(C)CC2. The molecular formula is C27H28N2O2. The Morgan fingerprint density at radius 1 is 1.00 bits per heavy atom. The molecule has 0 radical (unpaired) electrons. The Morgan fingerprint density at radius 2 is 1.87 bits per heavy atom. The number of nitrogens with zero attached hydrogens (tertiary/aromatic N) is 2. The van der Waals surface area contributed by atoms with Gasteiger partial charge < -0.3 is 14.4 Å². The van der Waals surface area contributed by atoms with Crippen LogP contribution in [0.25, 0.3) is 32.9 Å². The second-order valence-corrected chi connectivity index (χ2v) is 8.27. The summed E-state index contributed by atoms with van der Waals surface area (Å²) in [6, 6.07) is 19.1. The van der Waals surface area contributed by atoms with Crippen molar-refractivity contribution in [2.45, 2.75) is 26.3 Å². The number of fused-ring (bicyclic) bond motifs is 5.